The van der Waals surface area contributed by atoms with Crippen LogP contribution in [-0.4, -0.2) is 13.2 Å². The number of amides is 1. The van der Waals surface area contributed by atoms with Crippen molar-refractivity contribution in [1.29, 1.82) is 0 Å². The van der Waals surface area contributed by atoms with Gasteiger partial charge in [-0.2, -0.15) is 0 Å². The number of benzene rings is 2. The van der Waals surface area contributed by atoms with Crippen LogP contribution in [0.2, 0.25) is 0 Å². The normalized spacial score (nSPS) is 19.4. The number of methoxy groups -OCH3 is 1. The van der Waals surface area contributed by atoms with E-state index < -0.39 is 6.09 Å². The predicted molar refractivity (Wildman–Crippen MR) is 87.7 cm³/mol. The zero-order valence-electron chi connectivity index (χ0n) is 12.7. The number of hydrogen-bond acceptors (Lipinski definition) is 2. The molecule has 0 radical (unpaired) electrons. The standard InChI is InChI=1S/C19H19NO2/c1-13-7-3-5-9-15(13)17-12-11-14-8-4-6-10-16(14)18(17)20-19(21)22-2/h3-12,17-18H,1-2H3,(H,20,21)/t17-,18-/m0/s1. The molecule has 2 aromatic carbocycles. The van der Waals surface area contributed by atoms with E-state index in [4.69, 9.17) is 4.74 Å². The first-order valence-electron chi connectivity index (χ1n) is 7.38. The number of carbonyl (C=O) groups excluding carboxylic acids is 1. The van der Waals surface area contributed by atoms with Gasteiger partial charge in [0, 0.05) is 5.92 Å². The summed E-state index contributed by atoms with van der Waals surface area (Å²) in [7, 11) is 1.39. The minimum absolute atomic E-state index is 0.0928. The molecule has 1 amide bonds. The molecule has 0 fully saturated rings. The van der Waals surface area contributed by atoms with Crippen molar-refractivity contribution >= 4 is 12.2 Å². The quantitative estimate of drug-likeness (QED) is 0.901. The lowest BCUT2D eigenvalue weighted by atomic mass is 9.79. The molecule has 0 unspecified atom stereocenters. The number of nitrogens with one attached hydrogen (secondary N) is 1. The minimum atomic E-state index is -0.409. The first-order valence-corrected chi connectivity index (χ1v) is 7.38. The summed E-state index contributed by atoms with van der Waals surface area (Å²) in [6.07, 6.45) is 3.88. The largest absolute Gasteiger partial charge is 0.453 e. The molecule has 3 heteroatoms. The van der Waals surface area contributed by atoms with Crippen molar-refractivity contribution in [3.63, 3.8) is 0 Å². The Hall–Kier alpha value is -2.55. The van der Waals surface area contributed by atoms with Crippen molar-refractivity contribution < 1.29 is 9.53 Å². The van der Waals surface area contributed by atoms with Crippen molar-refractivity contribution in [2.45, 2.75) is 18.9 Å². The molecule has 1 N–H and O–H groups in total. The van der Waals surface area contributed by atoms with Gasteiger partial charge in [0.2, 0.25) is 0 Å². The minimum Gasteiger partial charge on any atom is -0.453 e. The van der Waals surface area contributed by atoms with Crippen molar-refractivity contribution in [2.75, 3.05) is 7.11 Å². The Morgan fingerprint density at radius 2 is 1.73 bits per heavy atom. The van der Waals surface area contributed by atoms with E-state index in [-0.39, 0.29) is 12.0 Å². The number of rotatable bonds is 2. The van der Waals surface area contributed by atoms with Crippen molar-refractivity contribution in [1.82, 2.24) is 5.32 Å². The number of hydrogen-bond donors (Lipinski definition) is 1. The van der Waals surface area contributed by atoms with E-state index in [1.165, 1.54) is 18.2 Å². The van der Waals surface area contributed by atoms with Gasteiger partial charge in [0.1, 0.15) is 0 Å². The monoisotopic (exact) mass is 293 g/mol. The highest BCUT2D eigenvalue weighted by molar-refractivity contribution is 5.70. The zero-order valence-corrected chi connectivity index (χ0v) is 12.7. The summed E-state index contributed by atoms with van der Waals surface area (Å²) < 4.78 is 4.81. The van der Waals surface area contributed by atoms with Crippen molar-refractivity contribution in [3.8, 4) is 0 Å². The lowest BCUT2D eigenvalue weighted by Gasteiger charge is -2.31. The fourth-order valence-electron chi connectivity index (χ4n) is 3.06. The van der Waals surface area contributed by atoms with Crippen LogP contribution in [0.15, 0.2) is 54.6 Å². The number of alkyl carbamates (subject to hydrolysis) is 1. The Balaban J connectivity index is 2.06. The Kier molecular flexibility index (Phi) is 3.96. The maximum atomic E-state index is 11.8. The molecule has 22 heavy (non-hydrogen) atoms. The summed E-state index contributed by atoms with van der Waals surface area (Å²) in [6.45, 7) is 2.10. The molecule has 0 aromatic heterocycles. The van der Waals surface area contributed by atoms with Crippen LogP contribution in [0, 0.1) is 6.92 Å². The lowest BCUT2D eigenvalue weighted by molar-refractivity contribution is 0.165. The van der Waals surface area contributed by atoms with E-state index in [0.717, 1.165) is 11.1 Å². The van der Waals surface area contributed by atoms with Crippen molar-refractivity contribution in [3.05, 3.63) is 76.9 Å². The van der Waals surface area contributed by atoms with Crippen LogP contribution in [0.3, 0.4) is 0 Å². The van der Waals surface area contributed by atoms with Crippen LogP contribution >= 0.6 is 0 Å². The SMILES string of the molecule is COC(=O)N[C@H]1c2ccccc2C=C[C@H]1c1ccccc1C. The van der Waals surface area contributed by atoms with E-state index >= 15 is 0 Å². The van der Waals surface area contributed by atoms with Gasteiger partial charge in [0.15, 0.2) is 0 Å². The van der Waals surface area contributed by atoms with Gasteiger partial charge in [-0.3, -0.25) is 0 Å². The van der Waals surface area contributed by atoms with E-state index in [1.54, 1.807) is 0 Å². The molecule has 0 spiro atoms. The molecule has 0 saturated carbocycles. The van der Waals surface area contributed by atoms with Gasteiger partial charge in [-0.1, -0.05) is 60.7 Å². The summed E-state index contributed by atoms with van der Waals surface area (Å²) in [4.78, 5) is 11.8. The summed E-state index contributed by atoms with van der Waals surface area (Å²) in [6, 6.07) is 16.3. The topological polar surface area (TPSA) is 38.3 Å². The molecule has 0 aliphatic heterocycles. The molecule has 3 nitrogen and oxygen atoms in total. The van der Waals surface area contributed by atoms with Gasteiger partial charge in [-0.05, 0) is 29.2 Å². The molecular formula is C19H19NO2. The number of ether oxygens (including phenoxy) is 1. The first-order chi connectivity index (χ1) is 10.7. The van der Waals surface area contributed by atoms with Gasteiger partial charge in [0.05, 0.1) is 13.2 Å². The maximum Gasteiger partial charge on any atom is 0.407 e. The number of fused-ring (bicyclic) bond motifs is 1. The van der Waals surface area contributed by atoms with E-state index in [1.807, 2.05) is 24.3 Å². The average Bonchev–Trinajstić information content (AvgIpc) is 2.56. The molecule has 3 rings (SSSR count). The Labute approximate surface area is 130 Å². The van der Waals surface area contributed by atoms with Crippen LogP contribution in [0.1, 0.15) is 34.2 Å². The summed E-state index contributed by atoms with van der Waals surface area (Å²) in [5.41, 5.74) is 4.68. The third-order valence-electron chi connectivity index (χ3n) is 4.18. The molecule has 2 atom stereocenters. The van der Waals surface area contributed by atoms with E-state index in [2.05, 4.69) is 48.7 Å². The fraction of sp³-hybridized carbons (Fsp3) is 0.211. The Bertz CT molecular complexity index is 721. The van der Waals surface area contributed by atoms with Crippen LogP contribution in [0.25, 0.3) is 6.08 Å². The Morgan fingerprint density at radius 1 is 1.05 bits per heavy atom. The number of aryl methyl sites for hydroxylation is 1. The van der Waals surface area contributed by atoms with Gasteiger partial charge in [0.25, 0.3) is 0 Å². The number of carbonyl (C=O) groups is 1. The summed E-state index contributed by atoms with van der Waals surface area (Å²) in [5, 5.41) is 2.99. The molecule has 2 aromatic rings. The van der Waals surface area contributed by atoms with E-state index in [0.29, 0.717) is 0 Å². The average molecular weight is 293 g/mol. The van der Waals surface area contributed by atoms with Gasteiger partial charge in [-0.15, -0.1) is 0 Å². The molecular weight excluding hydrogens is 274 g/mol. The predicted octanol–water partition coefficient (Wildman–Crippen LogP) is 4.20. The molecule has 1 aliphatic carbocycles. The van der Waals surface area contributed by atoms with Gasteiger partial charge >= 0.3 is 6.09 Å². The van der Waals surface area contributed by atoms with Crippen LogP contribution in [0.5, 0.6) is 0 Å². The summed E-state index contributed by atoms with van der Waals surface area (Å²) in [5.74, 6) is 0.0928. The lowest BCUT2D eigenvalue weighted by Crippen LogP contribution is -2.33. The van der Waals surface area contributed by atoms with Crippen LogP contribution < -0.4 is 5.32 Å². The highest BCUT2D eigenvalue weighted by Gasteiger charge is 2.29. The van der Waals surface area contributed by atoms with Crippen molar-refractivity contribution in [2.24, 2.45) is 0 Å². The van der Waals surface area contributed by atoms with E-state index in [9.17, 15) is 4.79 Å². The second-order valence-electron chi connectivity index (χ2n) is 5.48. The molecule has 1 aliphatic rings. The van der Waals surface area contributed by atoms with Crippen LogP contribution in [-0.2, 0) is 4.74 Å². The van der Waals surface area contributed by atoms with Gasteiger partial charge in [-0.25, -0.2) is 4.79 Å². The fourth-order valence-corrected chi connectivity index (χ4v) is 3.06. The zero-order chi connectivity index (χ0) is 15.5. The second kappa shape index (κ2) is 6.06. The maximum absolute atomic E-state index is 11.8. The Morgan fingerprint density at radius 3 is 2.45 bits per heavy atom. The molecule has 0 heterocycles. The van der Waals surface area contributed by atoms with Gasteiger partial charge < -0.3 is 10.1 Å². The summed E-state index contributed by atoms with van der Waals surface area (Å²) >= 11 is 0. The third-order valence-corrected chi connectivity index (χ3v) is 4.18. The molecule has 0 saturated heterocycles. The smallest absolute Gasteiger partial charge is 0.407 e. The first kappa shape index (κ1) is 14.4. The highest BCUT2D eigenvalue weighted by Crippen LogP contribution is 2.39. The molecule has 112 valence electrons. The third kappa shape index (κ3) is 2.62. The van der Waals surface area contributed by atoms with Crippen LogP contribution in [0.4, 0.5) is 4.79 Å². The molecule has 0 bridgehead atoms. The highest BCUT2D eigenvalue weighted by atomic mass is 16.5. The second-order valence-corrected chi connectivity index (χ2v) is 5.48.